The number of nitrogens with one attached hydrogen (secondary N) is 1. The average Bonchev–Trinajstić information content (AvgIpc) is 2.71. The van der Waals surface area contributed by atoms with Crippen molar-refractivity contribution >= 4 is 41.5 Å². The summed E-state index contributed by atoms with van der Waals surface area (Å²) in [5.41, 5.74) is 0.924. The van der Waals surface area contributed by atoms with Crippen LogP contribution in [0.15, 0.2) is 23.2 Å². The van der Waals surface area contributed by atoms with Crippen LogP contribution in [-0.2, 0) is 16.0 Å². The number of hydrogen-bond donors (Lipinski definition) is 1. The molecule has 0 bridgehead atoms. The quantitative estimate of drug-likeness (QED) is 0.355. The molecule has 0 spiro atoms. The first-order chi connectivity index (χ1) is 13.2. The third kappa shape index (κ3) is 7.00. The minimum Gasteiger partial charge on any atom is -0.376 e. The molecule has 1 unspecified atom stereocenters. The zero-order valence-corrected chi connectivity index (χ0v) is 19.4. The van der Waals surface area contributed by atoms with Crippen LogP contribution in [-0.4, -0.2) is 56.4 Å². The van der Waals surface area contributed by atoms with Crippen molar-refractivity contribution in [2.75, 3.05) is 33.4 Å². The molecule has 2 saturated heterocycles. The topological polar surface area (TPSA) is 46.1 Å². The molecule has 1 aromatic rings. The summed E-state index contributed by atoms with van der Waals surface area (Å²) in [6.45, 7) is 3.94. The van der Waals surface area contributed by atoms with E-state index in [9.17, 15) is 4.39 Å². The lowest BCUT2D eigenvalue weighted by atomic mass is 10.1. The van der Waals surface area contributed by atoms with E-state index < -0.39 is 5.82 Å². The highest BCUT2D eigenvalue weighted by Crippen LogP contribution is 2.19. The molecule has 2 aliphatic heterocycles. The molecule has 3 rings (SSSR count). The lowest BCUT2D eigenvalue weighted by molar-refractivity contribution is -0.0721. The fourth-order valence-corrected chi connectivity index (χ4v) is 3.78. The van der Waals surface area contributed by atoms with Gasteiger partial charge in [-0.25, -0.2) is 4.39 Å². The van der Waals surface area contributed by atoms with Crippen molar-refractivity contribution in [1.82, 2.24) is 10.2 Å². The number of halogens is 3. The van der Waals surface area contributed by atoms with Crippen molar-refractivity contribution in [3.8, 4) is 0 Å². The van der Waals surface area contributed by atoms with Gasteiger partial charge < -0.3 is 19.7 Å². The number of benzene rings is 1. The van der Waals surface area contributed by atoms with E-state index in [1.54, 1.807) is 19.2 Å². The van der Waals surface area contributed by atoms with E-state index in [0.717, 1.165) is 50.5 Å². The Hall–Kier alpha value is -0.640. The first-order valence-corrected chi connectivity index (χ1v) is 10.2. The zero-order chi connectivity index (χ0) is 19.1. The maximum atomic E-state index is 13.3. The van der Waals surface area contributed by atoms with Crippen molar-refractivity contribution in [2.24, 2.45) is 4.99 Å². The number of hydrogen-bond acceptors (Lipinski definition) is 3. The summed E-state index contributed by atoms with van der Waals surface area (Å²) in [7, 11) is 1.78. The lowest BCUT2D eigenvalue weighted by Crippen LogP contribution is -2.47. The number of ether oxygens (including phenoxy) is 2. The second-order valence-electron chi connectivity index (χ2n) is 7.16. The molecule has 158 valence electrons. The molecule has 2 heterocycles. The van der Waals surface area contributed by atoms with Crippen LogP contribution in [0, 0.1) is 5.82 Å². The summed E-state index contributed by atoms with van der Waals surface area (Å²) < 4.78 is 25.1. The standard InChI is InChI=1S/C20H29ClFN3O2.HI/c1-23-20(24-13-15-5-6-19(22)18(21)12-15)25-9-7-16(8-10-25)27-14-17-4-2-3-11-26-17;/h5-6,12,16-17H,2-4,7-11,13-14H2,1H3,(H,23,24);1H. The molecular formula is C20H30ClFIN3O2. The number of aliphatic imine (C=N–C) groups is 1. The van der Waals surface area contributed by atoms with E-state index in [0.29, 0.717) is 19.3 Å². The molecule has 0 radical (unpaired) electrons. The molecule has 1 atom stereocenters. The second-order valence-corrected chi connectivity index (χ2v) is 7.56. The van der Waals surface area contributed by atoms with Gasteiger partial charge in [-0.3, -0.25) is 4.99 Å². The molecule has 0 amide bonds. The smallest absolute Gasteiger partial charge is 0.193 e. The van der Waals surface area contributed by atoms with Gasteiger partial charge in [0.2, 0.25) is 0 Å². The van der Waals surface area contributed by atoms with E-state index >= 15 is 0 Å². The van der Waals surface area contributed by atoms with Gasteiger partial charge in [0, 0.05) is 33.3 Å². The van der Waals surface area contributed by atoms with Gasteiger partial charge in [0.05, 0.1) is 23.8 Å². The maximum absolute atomic E-state index is 13.3. The Morgan fingerprint density at radius 3 is 2.75 bits per heavy atom. The summed E-state index contributed by atoms with van der Waals surface area (Å²) >= 11 is 5.85. The molecule has 5 nitrogen and oxygen atoms in total. The summed E-state index contributed by atoms with van der Waals surface area (Å²) in [6, 6.07) is 4.76. The van der Waals surface area contributed by atoms with Gasteiger partial charge in [0.1, 0.15) is 5.82 Å². The SMILES string of the molecule is CN=C(NCc1ccc(F)c(Cl)c1)N1CCC(OCC2CCCCO2)CC1.I. The van der Waals surface area contributed by atoms with Crippen molar-refractivity contribution in [3.05, 3.63) is 34.6 Å². The maximum Gasteiger partial charge on any atom is 0.193 e. The average molecular weight is 526 g/mol. The number of piperidine rings is 1. The third-order valence-corrected chi connectivity index (χ3v) is 5.47. The number of rotatable bonds is 5. The van der Waals surface area contributed by atoms with E-state index in [1.165, 1.54) is 18.9 Å². The van der Waals surface area contributed by atoms with Gasteiger partial charge in [0.25, 0.3) is 0 Å². The van der Waals surface area contributed by atoms with Gasteiger partial charge in [-0.05, 0) is 49.8 Å². The predicted octanol–water partition coefficient (Wildman–Crippen LogP) is 4.22. The Labute approximate surface area is 189 Å². The molecule has 8 heteroatoms. The minimum atomic E-state index is -0.398. The summed E-state index contributed by atoms with van der Waals surface area (Å²) in [6.07, 6.45) is 6.06. The van der Waals surface area contributed by atoms with E-state index in [1.807, 2.05) is 0 Å². The monoisotopic (exact) mass is 525 g/mol. The van der Waals surface area contributed by atoms with Crippen LogP contribution in [0.5, 0.6) is 0 Å². The lowest BCUT2D eigenvalue weighted by Gasteiger charge is -2.35. The van der Waals surface area contributed by atoms with Crippen LogP contribution in [0.3, 0.4) is 0 Å². The minimum absolute atomic E-state index is 0. The highest BCUT2D eigenvalue weighted by molar-refractivity contribution is 14.0. The largest absolute Gasteiger partial charge is 0.376 e. The van der Waals surface area contributed by atoms with Crippen LogP contribution in [0.1, 0.15) is 37.7 Å². The van der Waals surface area contributed by atoms with Gasteiger partial charge in [-0.1, -0.05) is 17.7 Å². The number of likely N-dealkylation sites (tertiary alicyclic amines) is 1. The Bertz CT molecular complexity index is 636. The molecule has 2 fully saturated rings. The predicted molar refractivity (Wildman–Crippen MR) is 121 cm³/mol. The highest BCUT2D eigenvalue weighted by Gasteiger charge is 2.23. The molecule has 28 heavy (non-hydrogen) atoms. The van der Waals surface area contributed by atoms with Gasteiger partial charge >= 0.3 is 0 Å². The van der Waals surface area contributed by atoms with Gasteiger partial charge in [0.15, 0.2) is 5.96 Å². The molecule has 1 N–H and O–H groups in total. The Kier molecular flexibility index (Phi) is 10.3. The summed E-state index contributed by atoms with van der Waals surface area (Å²) in [5, 5.41) is 3.48. The van der Waals surface area contributed by atoms with Crippen molar-refractivity contribution in [3.63, 3.8) is 0 Å². The zero-order valence-electron chi connectivity index (χ0n) is 16.3. The number of nitrogens with zero attached hydrogens (tertiary/aromatic N) is 2. The van der Waals surface area contributed by atoms with Crippen LogP contribution in [0.4, 0.5) is 4.39 Å². The summed E-state index contributed by atoms with van der Waals surface area (Å²) in [5.74, 6) is 0.454. The van der Waals surface area contributed by atoms with E-state index in [-0.39, 0.29) is 35.1 Å². The third-order valence-electron chi connectivity index (χ3n) is 5.18. The van der Waals surface area contributed by atoms with E-state index in [4.69, 9.17) is 21.1 Å². The molecule has 2 aliphatic rings. The molecular weight excluding hydrogens is 496 g/mol. The Morgan fingerprint density at radius 2 is 2.11 bits per heavy atom. The molecule has 0 saturated carbocycles. The second kappa shape index (κ2) is 12.1. The van der Waals surface area contributed by atoms with Crippen LogP contribution in [0.25, 0.3) is 0 Å². The first kappa shape index (κ1) is 23.6. The fourth-order valence-electron chi connectivity index (χ4n) is 3.58. The normalized spacial score (nSPS) is 21.3. The van der Waals surface area contributed by atoms with Crippen molar-refractivity contribution in [1.29, 1.82) is 0 Å². The Morgan fingerprint density at radius 1 is 1.32 bits per heavy atom. The highest BCUT2D eigenvalue weighted by atomic mass is 127. The van der Waals surface area contributed by atoms with Gasteiger partial charge in [-0.15, -0.1) is 24.0 Å². The van der Waals surface area contributed by atoms with Crippen LogP contribution in [0.2, 0.25) is 5.02 Å². The van der Waals surface area contributed by atoms with Crippen LogP contribution >= 0.6 is 35.6 Å². The molecule has 0 aliphatic carbocycles. The molecule has 1 aromatic carbocycles. The van der Waals surface area contributed by atoms with E-state index in [2.05, 4.69) is 15.2 Å². The fraction of sp³-hybridized carbons (Fsp3) is 0.650. The van der Waals surface area contributed by atoms with Crippen molar-refractivity contribution in [2.45, 2.75) is 50.9 Å². The van der Waals surface area contributed by atoms with Gasteiger partial charge in [-0.2, -0.15) is 0 Å². The molecule has 0 aromatic heterocycles. The first-order valence-electron chi connectivity index (χ1n) is 9.78. The summed E-state index contributed by atoms with van der Waals surface area (Å²) in [4.78, 5) is 6.61. The Balaban J connectivity index is 0.00000280. The van der Waals surface area contributed by atoms with Crippen LogP contribution < -0.4 is 5.32 Å². The van der Waals surface area contributed by atoms with Crippen molar-refractivity contribution < 1.29 is 13.9 Å². The number of guanidine groups is 1.